The van der Waals surface area contributed by atoms with Gasteiger partial charge in [0, 0.05) is 11.3 Å². The van der Waals surface area contributed by atoms with Crippen LogP contribution in [0.4, 0.5) is 0 Å². The molecule has 0 aromatic carbocycles. The Labute approximate surface area is 41.7 Å². The van der Waals surface area contributed by atoms with Crippen LogP contribution in [0.25, 0.3) is 0 Å². The van der Waals surface area contributed by atoms with E-state index in [9.17, 15) is 0 Å². The van der Waals surface area contributed by atoms with Crippen molar-refractivity contribution in [1.29, 1.82) is 0 Å². The molecule has 0 atom stereocenters. The van der Waals surface area contributed by atoms with Gasteiger partial charge in [-0.1, -0.05) is 0 Å². The van der Waals surface area contributed by atoms with Crippen LogP contribution in [0.1, 0.15) is 0 Å². The fraction of sp³-hybridized carbons (Fsp3) is 0.667. The average Bonchev–Trinajstić information content (AvgIpc) is 1.41. The summed E-state index contributed by atoms with van der Waals surface area (Å²) in [4.78, 5) is 0. The Morgan fingerprint density at radius 3 is 2.40 bits per heavy atom. The van der Waals surface area contributed by atoms with Crippen molar-refractivity contribution in [1.82, 2.24) is 0 Å². The van der Waals surface area contributed by atoms with E-state index in [4.69, 9.17) is 0 Å². The lowest BCUT2D eigenvalue weighted by Gasteiger charge is -1.80. The lowest BCUT2D eigenvalue weighted by Crippen LogP contribution is -1.54. The summed E-state index contributed by atoms with van der Waals surface area (Å²) in [6.45, 7) is 0. The van der Waals surface area contributed by atoms with Crippen LogP contribution >= 0.6 is 23.5 Å². The van der Waals surface area contributed by atoms with E-state index in [1.54, 1.807) is 23.5 Å². The van der Waals surface area contributed by atoms with E-state index >= 15 is 0 Å². The molecule has 0 N–H and O–H groups in total. The zero-order valence-corrected chi connectivity index (χ0v) is 4.86. The molecule has 2 heteroatoms. The summed E-state index contributed by atoms with van der Waals surface area (Å²) < 4.78 is 0. The van der Waals surface area contributed by atoms with Gasteiger partial charge in [-0.15, -0.1) is 0 Å². The molecule has 0 aliphatic carbocycles. The summed E-state index contributed by atoms with van der Waals surface area (Å²) in [5, 5.41) is 1.11. The molecule has 0 heterocycles. The molecule has 0 fully saturated rings. The highest BCUT2D eigenvalue weighted by Gasteiger charge is 1.67. The number of hydrogen-bond acceptors (Lipinski definition) is 2. The third-order valence-corrected chi connectivity index (χ3v) is 1.81. The standard InChI is InChI=1S/C3H7S2/c1-4-3-5-2/h1,3H2,2H3. The summed E-state index contributed by atoms with van der Waals surface area (Å²) in [7, 11) is 0. The summed E-state index contributed by atoms with van der Waals surface area (Å²) in [6, 6.07) is 0. The minimum absolute atomic E-state index is 1.11. The Kier molecular flexibility index (Phi) is 5.36. The van der Waals surface area contributed by atoms with Gasteiger partial charge in [-0.05, 0) is 6.26 Å². The second kappa shape index (κ2) is 4.70. The van der Waals surface area contributed by atoms with E-state index in [0.717, 1.165) is 5.08 Å². The summed E-state index contributed by atoms with van der Waals surface area (Å²) in [5.74, 6) is 0. The normalized spacial score (nSPS) is 8.40. The summed E-state index contributed by atoms with van der Waals surface area (Å²) in [5.41, 5.74) is 0. The van der Waals surface area contributed by atoms with E-state index < -0.39 is 0 Å². The monoisotopic (exact) mass is 107 g/mol. The van der Waals surface area contributed by atoms with Crippen LogP contribution in [0.5, 0.6) is 0 Å². The van der Waals surface area contributed by atoms with Gasteiger partial charge in [0.2, 0.25) is 0 Å². The van der Waals surface area contributed by atoms with Gasteiger partial charge in [-0.2, -0.15) is 23.5 Å². The molecule has 0 spiro atoms. The first kappa shape index (κ1) is 5.70. The van der Waals surface area contributed by atoms with E-state index in [1.807, 2.05) is 0 Å². The van der Waals surface area contributed by atoms with Crippen molar-refractivity contribution < 1.29 is 0 Å². The van der Waals surface area contributed by atoms with Gasteiger partial charge >= 0.3 is 0 Å². The van der Waals surface area contributed by atoms with Gasteiger partial charge in [0.05, 0.1) is 0 Å². The Morgan fingerprint density at radius 1 is 1.80 bits per heavy atom. The smallest absolute Gasteiger partial charge is 0.0389 e. The molecule has 0 nitrogen and oxygen atoms in total. The number of rotatable bonds is 2. The third-order valence-electron chi connectivity index (χ3n) is 0.201. The van der Waals surface area contributed by atoms with Crippen molar-refractivity contribution in [3.8, 4) is 0 Å². The second-order valence-electron chi connectivity index (χ2n) is 0.611. The molecule has 0 aliphatic rings. The molecule has 0 aliphatic heterocycles. The van der Waals surface area contributed by atoms with Gasteiger partial charge in [-0.25, -0.2) is 0 Å². The molecule has 0 bridgehead atoms. The quantitative estimate of drug-likeness (QED) is 0.494. The van der Waals surface area contributed by atoms with Crippen LogP contribution in [0.2, 0.25) is 0 Å². The Bertz CT molecular complexity index is 12.4. The topological polar surface area (TPSA) is 0 Å². The highest BCUT2D eigenvalue weighted by atomic mass is 32.2. The fourth-order valence-electron chi connectivity index (χ4n) is 0.0833. The van der Waals surface area contributed by atoms with Crippen molar-refractivity contribution in [2.75, 3.05) is 11.3 Å². The highest BCUT2D eigenvalue weighted by Crippen LogP contribution is 2.03. The van der Waals surface area contributed by atoms with Crippen LogP contribution in [-0.4, -0.2) is 11.3 Å². The van der Waals surface area contributed by atoms with Crippen LogP contribution < -0.4 is 0 Å². The van der Waals surface area contributed by atoms with Gasteiger partial charge in [0.1, 0.15) is 0 Å². The maximum absolute atomic E-state index is 3.57. The molecule has 0 rings (SSSR count). The Morgan fingerprint density at radius 2 is 2.40 bits per heavy atom. The molecule has 0 unspecified atom stereocenters. The van der Waals surface area contributed by atoms with Crippen molar-refractivity contribution >= 4 is 23.5 Å². The van der Waals surface area contributed by atoms with E-state index in [1.165, 1.54) is 0 Å². The molecule has 0 saturated carbocycles. The Hall–Kier alpha value is 0.700. The molecule has 0 amide bonds. The van der Waals surface area contributed by atoms with Crippen molar-refractivity contribution in [3.05, 3.63) is 6.26 Å². The van der Waals surface area contributed by atoms with Crippen LogP contribution in [0, 0.1) is 6.26 Å². The summed E-state index contributed by atoms with van der Waals surface area (Å²) >= 11 is 3.42. The predicted octanol–water partition coefficient (Wildman–Crippen LogP) is 1.83. The molecule has 0 aromatic heterocycles. The lowest BCUT2D eigenvalue weighted by molar-refractivity contribution is 2.23. The van der Waals surface area contributed by atoms with E-state index in [0.29, 0.717) is 0 Å². The van der Waals surface area contributed by atoms with E-state index in [-0.39, 0.29) is 0 Å². The van der Waals surface area contributed by atoms with Crippen LogP contribution in [0.3, 0.4) is 0 Å². The third kappa shape index (κ3) is 4.70. The fourth-order valence-corrected chi connectivity index (χ4v) is 0.750. The average molecular weight is 107 g/mol. The minimum Gasteiger partial charge on any atom is -0.155 e. The van der Waals surface area contributed by atoms with Crippen molar-refractivity contribution in [2.24, 2.45) is 0 Å². The first-order chi connectivity index (χ1) is 2.41. The number of hydrogen-bond donors (Lipinski definition) is 0. The number of thioether (sulfide) groups is 2. The zero-order chi connectivity index (χ0) is 4.12. The molecule has 0 saturated heterocycles. The lowest BCUT2D eigenvalue weighted by atomic mass is 11.9. The Balaban J connectivity index is 2.19. The first-order valence-corrected chi connectivity index (χ1v) is 3.82. The SMILES string of the molecule is [CH2]SCSC. The maximum Gasteiger partial charge on any atom is 0.0389 e. The highest BCUT2D eigenvalue weighted by molar-refractivity contribution is 8.16. The molecular formula is C3H7S2. The maximum atomic E-state index is 3.57. The minimum atomic E-state index is 1.11. The van der Waals surface area contributed by atoms with E-state index in [2.05, 4.69) is 12.5 Å². The van der Waals surface area contributed by atoms with Gasteiger partial charge in [-0.3, -0.25) is 0 Å². The van der Waals surface area contributed by atoms with Crippen LogP contribution in [0.15, 0.2) is 0 Å². The molecular weight excluding hydrogens is 100 g/mol. The van der Waals surface area contributed by atoms with Gasteiger partial charge in [0.25, 0.3) is 0 Å². The predicted molar refractivity (Wildman–Crippen MR) is 31.3 cm³/mol. The van der Waals surface area contributed by atoms with Crippen molar-refractivity contribution in [2.45, 2.75) is 0 Å². The van der Waals surface area contributed by atoms with Gasteiger partial charge < -0.3 is 0 Å². The van der Waals surface area contributed by atoms with Crippen molar-refractivity contribution in [3.63, 3.8) is 0 Å². The van der Waals surface area contributed by atoms with Gasteiger partial charge in [0.15, 0.2) is 0 Å². The molecule has 31 valence electrons. The second-order valence-corrected chi connectivity index (χ2v) is 2.54. The zero-order valence-electron chi connectivity index (χ0n) is 3.23. The molecule has 0 aromatic rings. The molecule has 5 heavy (non-hydrogen) atoms. The largest absolute Gasteiger partial charge is 0.155 e. The molecule has 1 radical (unpaired) electrons. The van der Waals surface area contributed by atoms with Crippen LogP contribution in [-0.2, 0) is 0 Å². The summed E-state index contributed by atoms with van der Waals surface area (Å²) in [6.07, 6.45) is 5.64. The first-order valence-electron chi connectivity index (χ1n) is 1.27.